The van der Waals surface area contributed by atoms with Gasteiger partial charge < -0.3 is 5.32 Å². The smallest absolute Gasteiger partial charge is 0.314 e. The van der Waals surface area contributed by atoms with Crippen LogP contribution in [0.4, 0.5) is 13.2 Å². The lowest BCUT2D eigenvalue weighted by molar-refractivity contribution is -0.138. The third-order valence-corrected chi connectivity index (χ3v) is 2.69. The van der Waals surface area contributed by atoms with Crippen LogP contribution in [-0.2, 0) is 0 Å². The van der Waals surface area contributed by atoms with Crippen molar-refractivity contribution in [2.75, 3.05) is 18.1 Å². The normalized spacial score (nSPS) is 14.4. The van der Waals surface area contributed by atoms with Crippen LogP contribution in [0.3, 0.4) is 0 Å². The molecule has 0 aliphatic carbocycles. The number of hydrogen-bond donors (Lipinski definition) is 1. The largest absolute Gasteiger partial charge is 0.390 e. The molecule has 1 unspecified atom stereocenters. The average molecular weight is 229 g/mol. The maximum absolute atomic E-state index is 11.9. The second-order valence-electron chi connectivity index (χ2n) is 3.22. The number of rotatable bonds is 7. The van der Waals surface area contributed by atoms with Crippen molar-refractivity contribution in [2.45, 2.75) is 38.9 Å². The molecule has 0 amide bonds. The maximum Gasteiger partial charge on any atom is 0.390 e. The van der Waals surface area contributed by atoms with E-state index in [-0.39, 0.29) is 0 Å². The SMILES string of the molecule is CCSCCCNC(C)CC(F)(F)F. The third kappa shape index (κ3) is 10.2. The highest BCUT2D eigenvalue weighted by Crippen LogP contribution is 2.21. The Morgan fingerprint density at radius 2 is 2.00 bits per heavy atom. The Balaban J connectivity index is 3.31. The minimum Gasteiger partial charge on any atom is -0.314 e. The molecule has 0 saturated carbocycles. The summed E-state index contributed by atoms with van der Waals surface area (Å²) in [6.45, 7) is 4.31. The Morgan fingerprint density at radius 3 is 2.50 bits per heavy atom. The molecule has 14 heavy (non-hydrogen) atoms. The molecule has 86 valence electrons. The summed E-state index contributed by atoms with van der Waals surface area (Å²) in [6.07, 6.45) is -3.86. The van der Waals surface area contributed by atoms with Crippen molar-refractivity contribution in [2.24, 2.45) is 0 Å². The highest BCUT2D eigenvalue weighted by atomic mass is 32.2. The Bertz CT molecular complexity index is 139. The zero-order valence-electron chi connectivity index (χ0n) is 8.66. The van der Waals surface area contributed by atoms with Gasteiger partial charge in [-0.25, -0.2) is 0 Å². The van der Waals surface area contributed by atoms with Gasteiger partial charge in [-0.3, -0.25) is 0 Å². The number of alkyl halides is 3. The molecular formula is C9H18F3NS. The Labute approximate surface area is 87.8 Å². The van der Waals surface area contributed by atoms with E-state index in [4.69, 9.17) is 0 Å². The molecule has 1 nitrogen and oxygen atoms in total. The highest BCUT2D eigenvalue weighted by Gasteiger charge is 2.29. The molecule has 1 atom stereocenters. The van der Waals surface area contributed by atoms with Gasteiger partial charge in [0, 0.05) is 6.04 Å². The highest BCUT2D eigenvalue weighted by molar-refractivity contribution is 7.99. The maximum atomic E-state index is 11.9. The van der Waals surface area contributed by atoms with E-state index in [0.29, 0.717) is 6.54 Å². The lowest BCUT2D eigenvalue weighted by atomic mass is 10.2. The predicted octanol–water partition coefficient (Wildman–Crippen LogP) is 3.06. The summed E-state index contributed by atoms with van der Waals surface area (Å²) in [4.78, 5) is 0. The molecule has 0 spiro atoms. The number of nitrogens with one attached hydrogen (secondary N) is 1. The minimum absolute atomic E-state index is 0.471. The molecule has 0 bridgehead atoms. The fourth-order valence-electron chi connectivity index (χ4n) is 1.09. The van der Waals surface area contributed by atoms with E-state index in [1.807, 2.05) is 11.8 Å². The number of hydrogen-bond acceptors (Lipinski definition) is 2. The van der Waals surface area contributed by atoms with E-state index >= 15 is 0 Å². The summed E-state index contributed by atoms with van der Waals surface area (Å²) in [5.74, 6) is 2.08. The van der Waals surface area contributed by atoms with Crippen LogP contribution >= 0.6 is 11.8 Å². The molecule has 0 fully saturated rings. The van der Waals surface area contributed by atoms with Crippen LogP contribution in [0.15, 0.2) is 0 Å². The number of thioether (sulfide) groups is 1. The lowest BCUT2D eigenvalue weighted by Gasteiger charge is -2.15. The van der Waals surface area contributed by atoms with Crippen LogP contribution in [0.25, 0.3) is 0 Å². The van der Waals surface area contributed by atoms with Crippen molar-refractivity contribution in [1.29, 1.82) is 0 Å². The van der Waals surface area contributed by atoms with E-state index in [2.05, 4.69) is 12.2 Å². The van der Waals surface area contributed by atoms with E-state index in [1.54, 1.807) is 6.92 Å². The van der Waals surface area contributed by atoms with Crippen molar-refractivity contribution in [3.63, 3.8) is 0 Å². The van der Waals surface area contributed by atoms with Gasteiger partial charge in [-0.2, -0.15) is 24.9 Å². The molecule has 0 aliphatic heterocycles. The molecule has 0 rings (SSSR count). The van der Waals surface area contributed by atoms with E-state index < -0.39 is 18.6 Å². The van der Waals surface area contributed by atoms with Gasteiger partial charge in [-0.05, 0) is 31.4 Å². The summed E-state index contributed by atoms with van der Waals surface area (Å²) in [6, 6.07) is -0.471. The topological polar surface area (TPSA) is 12.0 Å². The molecule has 0 saturated heterocycles. The van der Waals surface area contributed by atoms with Gasteiger partial charge in [0.25, 0.3) is 0 Å². The van der Waals surface area contributed by atoms with Crippen LogP contribution in [0.5, 0.6) is 0 Å². The minimum atomic E-state index is -4.05. The first-order chi connectivity index (χ1) is 6.45. The molecule has 5 heteroatoms. The van der Waals surface area contributed by atoms with Crippen LogP contribution in [0.1, 0.15) is 26.7 Å². The fourth-order valence-corrected chi connectivity index (χ4v) is 1.72. The second kappa shape index (κ2) is 7.40. The molecule has 1 N–H and O–H groups in total. The molecule has 0 heterocycles. The summed E-state index contributed by atoms with van der Waals surface area (Å²) in [7, 11) is 0. The average Bonchev–Trinajstić information content (AvgIpc) is 2.00. The van der Waals surface area contributed by atoms with Crippen LogP contribution in [0, 0.1) is 0 Å². The first kappa shape index (κ1) is 14.1. The second-order valence-corrected chi connectivity index (χ2v) is 4.62. The third-order valence-electron chi connectivity index (χ3n) is 1.70. The zero-order valence-corrected chi connectivity index (χ0v) is 9.47. The van der Waals surface area contributed by atoms with Crippen molar-refractivity contribution < 1.29 is 13.2 Å². The fraction of sp³-hybridized carbons (Fsp3) is 1.00. The molecule has 0 aromatic heterocycles. The van der Waals surface area contributed by atoms with Crippen LogP contribution in [-0.4, -0.2) is 30.3 Å². The first-order valence-corrected chi connectivity index (χ1v) is 5.99. The van der Waals surface area contributed by atoms with E-state index in [1.165, 1.54) is 0 Å². The molecule has 0 aromatic rings. The van der Waals surface area contributed by atoms with Gasteiger partial charge in [0.1, 0.15) is 0 Å². The Hall–Kier alpha value is 0.100. The van der Waals surface area contributed by atoms with Gasteiger partial charge in [-0.15, -0.1) is 0 Å². The van der Waals surface area contributed by atoms with Gasteiger partial charge >= 0.3 is 6.18 Å². The van der Waals surface area contributed by atoms with Crippen molar-refractivity contribution in [3.8, 4) is 0 Å². The van der Waals surface area contributed by atoms with Crippen molar-refractivity contribution in [3.05, 3.63) is 0 Å². The standard InChI is InChI=1S/C9H18F3NS/c1-3-14-6-4-5-13-8(2)7-9(10,11)12/h8,13H,3-7H2,1-2H3. The quantitative estimate of drug-likeness (QED) is 0.673. The number of halogens is 3. The molecule has 0 radical (unpaired) electrons. The Morgan fingerprint density at radius 1 is 1.36 bits per heavy atom. The van der Waals surface area contributed by atoms with Crippen LogP contribution < -0.4 is 5.32 Å². The summed E-state index contributed by atoms with van der Waals surface area (Å²) in [5.41, 5.74) is 0. The van der Waals surface area contributed by atoms with Gasteiger partial charge in [0.2, 0.25) is 0 Å². The van der Waals surface area contributed by atoms with Gasteiger partial charge in [0.15, 0.2) is 0 Å². The van der Waals surface area contributed by atoms with Crippen molar-refractivity contribution in [1.82, 2.24) is 5.32 Å². The van der Waals surface area contributed by atoms with E-state index in [9.17, 15) is 13.2 Å². The lowest BCUT2D eigenvalue weighted by Crippen LogP contribution is -2.32. The molecular weight excluding hydrogens is 211 g/mol. The van der Waals surface area contributed by atoms with Crippen LogP contribution in [0.2, 0.25) is 0 Å². The zero-order chi connectivity index (χ0) is 11.0. The summed E-state index contributed by atoms with van der Waals surface area (Å²) in [5, 5.41) is 2.86. The van der Waals surface area contributed by atoms with Gasteiger partial charge in [0.05, 0.1) is 6.42 Å². The summed E-state index contributed by atoms with van der Waals surface area (Å²) >= 11 is 1.81. The molecule has 0 aliphatic rings. The predicted molar refractivity (Wildman–Crippen MR) is 55.8 cm³/mol. The monoisotopic (exact) mass is 229 g/mol. The summed E-state index contributed by atoms with van der Waals surface area (Å²) < 4.78 is 35.7. The molecule has 0 aromatic carbocycles. The van der Waals surface area contributed by atoms with Crippen molar-refractivity contribution >= 4 is 11.8 Å². The first-order valence-electron chi connectivity index (χ1n) is 4.83. The Kier molecular flexibility index (Phi) is 7.45. The van der Waals surface area contributed by atoms with E-state index in [0.717, 1.165) is 17.9 Å². The van der Waals surface area contributed by atoms with Gasteiger partial charge in [-0.1, -0.05) is 6.92 Å².